The molecule has 0 aliphatic carbocycles. The van der Waals surface area contributed by atoms with E-state index in [4.69, 9.17) is 4.74 Å². The molecule has 0 spiro atoms. The Hall–Kier alpha value is -2.04. The molecule has 0 radical (unpaired) electrons. The highest BCUT2D eigenvalue weighted by Gasteiger charge is 2.15. The standard InChI is InChI=1S/C14H20N2O3/c1-14(2,3)19-13(18)9-16-12-6-4-5-11(7-12)8-15-10-17/h4-7,10,16H,8-9H2,1-3H3,(H,15,17). The lowest BCUT2D eigenvalue weighted by Gasteiger charge is -2.19. The van der Waals surface area contributed by atoms with Gasteiger partial charge in [-0.05, 0) is 38.5 Å². The second-order valence-electron chi connectivity index (χ2n) is 5.14. The Balaban J connectivity index is 2.48. The van der Waals surface area contributed by atoms with Gasteiger partial charge >= 0.3 is 5.97 Å². The van der Waals surface area contributed by atoms with Gasteiger partial charge in [-0.3, -0.25) is 9.59 Å². The molecular formula is C14H20N2O3. The van der Waals surface area contributed by atoms with E-state index in [0.29, 0.717) is 13.0 Å². The summed E-state index contributed by atoms with van der Waals surface area (Å²) in [6.45, 7) is 6.07. The number of carbonyl (C=O) groups is 2. The molecule has 0 aromatic heterocycles. The SMILES string of the molecule is CC(C)(C)OC(=O)CNc1cccc(CNC=O)c1. The van der Waals surface area contributed by atoms with Gasteiger partial charge in [0.25, 0.3) is 0 Å². The molecule has 2 N–H and O–H groups in total. The maximum atomic E-state index is 11.5. The third-order valence-electron chi connectivity index (χ3n) is 2.17. The van der Waals surface area contributed by atoms with Crippen molar-refractivity contribution >= 4 is 18.1 Å². The number of rotatable bonds is 6. The molecule has 19 heavy (non-hydrogen) atoms. The molecule has 1 amide bonds. The highest BCUT2D eigenvalue weighted by molar-refractivity contribution is 5.75. The summed E-state index contributed by atoms with van der Waals surface area (Å²) in [6.07, 6.45) is 0.654. The lowest BCUT2D eigenvalue weighted by atomic mass is 10.2. The summed E-state index contributed by atoms with van der Waals surface area (Å²) >= 11 is 0. The molecule has 1 aromatic carbocycles. The minimum Gasteiger partial charge on any atom is -0.459 e. The van der Waals surface area contributed by atoms with Gasteiger partial charge < -0.3 is 15.4 Å². The molecule has 0 saturated carbocycles. The van der Waals surface area contributed by atoms with Crippen molar-refractivity contribution in [3.63, 3.8) is 0 Å². The Kier molecular flexibility index (Phi) is 5.36. The molecule has 0 unspecified atom stereocenters. The molecular weight excluding hydrogens is 244 g/mol. The van der Waals surface area contributed by atoms with Crippen LogP contribution in [0.15, 0.2) is 24.3 Å². The molecule has 0 atom stereocenters. The maximum absolute atomic E-state index is 11.5. The first-order valence-corrected chi connectivity index (χ1v) is 6.12. The fraction of sp³-hybridized carbons (Fsp3) is 0.429. The summed E-state index contributed by atoms with van der Waals surface area (Å²) in [7, 11) is 0. The number of hydrogen-bond donors (Lipinski definition) is 2. The van der Waals surface area contributed by atoms with Gasteiger partial charge in [0, 0.05) is 12.2 Å². The fourth-order valence-electron chi connectivity index (χ4n) is 1.50. The van der Waals surface area contributed by atoms with E-state index in [1.807, 2.05) is 45.0 Å². The maximum Gasteiger partial charge on any atom is 0.325 e. The lowest BCUT2D eigenvalue weighted by molar-refractivity contribution is -0.152. The highest BCUT2D eigenvalue weighted by atomic mass is 16.6. The third kappa shape index (κ3) is 6.45. The van der Waals surface area contributed by atoms with Crippen LogP contribution in [0.3, 0.4) is 0 Å². The smallest absolute Gasteiger partial charge is 0.325 e. The molecule has 0 aliphatic heterocycles. The molecule has 1 aromatic rings. The molecule has 5 nitrogen and oxygen atoms in total. The van der Waals surface area contributed by atoms with E-state index >= 15 is 0 Å². The van der Waals surface area contributed by atoms with Gasteiger partial charge in [-0.25, -0.2) is 0 Å². The molecule has 0 heterocycles. The van der Waals surface area contributed by atoms with Crippen LogP contribution < -0.4 is 10.6 Å². The van der Waals surface area contributed by atoms with Crippen molar-refractivity contribution < 1.29 is 14.3 Å². The van der Waals surface area contributed by atoms with Crippen LogP contribution in [0.2, 0.25) is 0 Å². The van der Waals surface area contributed by atoms with Crippen molar-refractivity contribution in [1.82, 2.24) is 5.32 Å². The van der Waals surface area contributed by atoms with Gasteiger partial charge in [-0.15, -0.1) is 0 Å². The van der Waals surface area contributed by atoms with E-state index in [2.05, 4.69) is 10.6 Å². The minimum atomic E-state index is -0.478. The second-order valence-corrected chi connectivity index (χ2v) is 5.14. The molecule has 1 rings (SSSR count). The van der Waals surface area contributed by atoms with Gasteiger partial charge in [0.1, 0.15) is 12.1 Å². The number of benzene rings is 1. The lowest BCUT2D eigenvalue weighted by Crippen LogP contribution is -2.28. The zero-order valence-corrected chi connectivity index (χ0v) is 11.5. The van der Waals surface area contributed by atoms with E-state index in [1.54, 1.807) is 0 Å². The predicted octanol–water partition coefficient (Wildman–Crippen LogP) is 1.69. The van der Waals surface area contributed by atoms with Crippen molar-refractivity contribution in [2.75, 3.05) is 11.9 Å². The van der Waals surface area contributed by atoms with Crippen molar-refractivity contribution in [1.29, 1.82) is 0 Å². The minimum absolute atomic E-state index is 0.113. The largest absolute Gasteiger partial charge is 0.459 e. The Labute approximate surface area is 113 Å². The third-order valence-corrected chi connectivity index (χ3v) is 2.17. The number of carbonyl (C=O) groups excluding carboxylic acids is 2. The van der Waals surface area contributed by atoms with Gasteiger partial charge in [0.15, 0.2) is 0 Å². The summed E-state index contributed by atoms with van der Waals surface area (Å²) in [4.78, 5) is 21.8. The van der Waals surface area contributed by atoms with Crippen molar-refractivity contribution in [3.8, 4) is 0 Å². The van der Waals surface area contributed by atoms with Crippen LogP contribution in [0, 0.1) is 0 Å². The van der Waals surface area contributed by atoms with E-state index in [9.17, 15) is 9.59 Å². The Morgan fingerprint density at radius 2 is 2.11 bits per heavy atom. The average Bonchev–Trinajstić information content (AvgIpc) is 2.32. The molecule has 0 aliphatic rings. The van der Waals surface area contributed by atoms with E-state index < -0.39 is 5.60 Å². The van der Waals surface area contributed by atoms with Crippen LogP contribution in [0.4, 0.5) is 5.69 Å². The van der Waals surface area contributed by atoms with Crippen LogP contribution in [0.1, 0.15) is 26.3 Å². The van der Waals surface area contributed by atoms with E-state index in [1.165, 1.54) is 0 Å². The van der Waals surface area contributed by atoms with Crippen LogP contribution in [0.25, 0.3) is 0 Å². The Morgan fingerprint density at radius 1 is 1.37 bits per heavy atom. The molecule has 5 heteroatoms. The second kappa shape index (κ2) is 6.78. The molecule has 0 bridgehead atoms. The quantitative estimate of drug-likeness (QED) is 0.606. The van der Waals surface area contributed by atoms with Crippen molar-refractivity contribution in [2.24, 2.45) is 0 Å². The number of nitrogens with one attached hydrogen (secondary N) is 2. The average molecular weight is 264 g/mol. The summed E-state index contributed by atoms with van der Waals surface area (Å²) in [5, 5.41) is 5.58. The van der Waals surface area contributed by atoms with Crippen molar-refractivity contribution in [3.05, 3.63) is 29.8 Å². The van der Waals surface area contributed by atoms with Crippen LogP contribution in [-0.2, 0) is 20.9 Å². The number of amides is 1. The number of esters is 1. The first kappa shape index (κ1) is 15.0. The number of anilines is 1. The van der Waals surface area contributed by atoms with Crippen molar-refractivity contribution in [2.45, 2.75) is 32.9 Å². The van der Waals surface area contributed by atoms with Gasteiger partial charge in [-0.2, -0.15) is 0 Å². The summed E-state index contributed by atoms with van der Waals surface area (Å²) in [6, 6.07) is 7.49. The normalized spacial score (nSPS) is 10.7. The number of hydrogen-bond acceptors (Lipinski definition) is 4. The zero-order valence-electron chi connectivity index (χ0n) is 11.5. The van der Waals surface area contributed by atoms with Crippen LogP contribution in [0.5, 0.6) is 0 Å². The van der Waals surface area contributed by atoms with Crippen LogP contribution >= 0.6 is 0 Å². The topological polar surface area (TPSA) is 67.4 Å². The predicted molar refractivity (Wildman–Crippen MR) is 73.7 cm³/mol. The van der Waals surface area contributed by atoms with Gasteiger partial charge in [0.2, 0.25) is 6.41 Å². The zero-order chi connectivity index (χ0) is 14.3. The number of ether oxygens (including phenoxy) is 1. The van der Waals surface area contributed by atoms with E-state index in [-0.39, 0.29) is 12.5 Å². The monoisotopic (exact) mass is 264 g/mol. The molecule has 0 fully saturated rings. The first-order valence-electron chi connectivity index (χ1n) is 6.12. The Bertz CT molecular complexity index is 439. The van der Waals surface area contributed by atoms with Gasteiger partial charge in [-0.1, -0.05) is 12.1 Å². The molecule has 0 saturated heterocycles. The summed E-state index contributed by atoms with van der Waals surface area (Å²) in [5.41, 5.74) is 1.30. The van der Waals surface area contributed by atoms with Crippen LogP contribution in [-0.4, -0.2) is 24.5 Å². The van der Waals surface area contributed by atoms with E-state index in [0.717, 1.165) is 11.3 Å². The highest BCUT2D eigenvalue weighted by Crippen LogP contribution is 2.11. The fourth-order valence-corrected chi connectivity index (χ4v) is 1.50. The molecule has 104 valence electrons. The first-order chi connectivity index (χ1) is 8.90. The van der Waals surface area contributed by atoms with Gasteiger partial charge in [0.05, 0.1) is 0 Å². The Morgan fingerprint density at radius 3 is 2.74 bits per heavy atom. The summed E-state index contributed by atoms with van der Waals surface area (Å²) in [5.74, 6) is -0.302. The summed E-state index contributed by atoms with van der Waals surface area (Å²) < 4.78 is 5.19.